The zero-order valence-electron chi connectivity index (χ0n) is 13.5. The first kappa shape index (κ1) is 14.3. The molecule has 0 bridgehead atoms. The van der Waals surface area contributed by atoms with Crippen molar-refractivity contribution in [3.8, 4) is 0 Å². The highest BCUT2D eigenvalue weighted by atomic mass is 16.2. The van der Waals surface area contributed by atoms with Gasteiger partial charge < -0.3 is 9.80 Å². The van der Waals surface area contributed by atoms with E-state index in [0.717, 1.165) is 19.4 Å². The minimum Gasteiger partial charge on any atom is -0.338 e. The molecule has 0 saturated carbocycles. The van der Waals surface area contributed by atoms with Crippen molar-refractivity contribution < 1.29 is 4.79 Å². The monoisotopic (exact) mass is 298 g/mol. The number of rotatable bonds is 2. The molecule has 3 aliphatic rings. The maximum absolute atomic E-state index is 13.2. The highest BCUT2D eigenvalue weighted by molar-refractivity contribution is 5.85. The molecule has 1 aliphatic carbocycles. The lowest BCUT2D eigenvalue weighted by Gasteiger charge is -2.34. The molecule has 1 aromatic carbocycles. The lowest BCUT2D eigenvalue weighted by Crippen LogP contribution is -2.48. The van der Waals surface area contributed by atoms with E-state index in [2.05, 4.69) is 41.1 Å². The molecule has 118 valence electrons. The van der Waals surface area contributed by atoms with Crippen molar-refractivity contribution in [2.75, 3.05) is 20.1 Å². The molecule has 0 radical (unpaired) electrons. The molecule has 0 aromatic heterocycles. The summed E-state index contributed by atoms with van der Waals surface area (Å²) in [5.41, 5.74) is 2.67. The number of aryl methyl sites for hydroxylation is 1. The molecular weight excluding hydrogens is 272 g/mol. The van der Waals surface area contributed by atoms with Crippen molar-refractivity contribution >= 4 is 5.91 Å². The van der Waals surface area contributed by atoms with Crippen LogP contribution in [-0.2, 0) is 11.2 Å². The number of fused-ring (bicyclic) bond motifs is 1. The van der Waals surface area contributed by atoms with Crippen LogP contribution in [0, 0.1) is 0 Å². The van der Waals surface area contributed by atoms with Gasteiger partial charge in [-0.1, -0.05) is 24.3 Å². The molecule has 2 aliphatic heterocycles. The van der Waals surface area contributed by atoms with Gasteiger partial charge in [0.1, 0.15) is 0 Å². The Kier molecular flexibility index (Phi) is 3.69. The second-order valence-corrected chi connectivity index (χ2v) is 7.22. The molecule has 3 atom stereocenters. The first-order chi connectivity index (χ1) is 10.8. The maximum atomic E-state index is 13.2. The van der Waals surface area contributed by atoms with Crippen LogP contribution in [0.5, 0.6) is 0 Å². The summed E-state index contributed by atoms with van der Waals surface area (Å²) < 4.78 is 0. The van der Waals surface area contributed by atoms with Crippen LogP contribution in [0.25, 0.3) is 0 Å². The van der Waals surface area contributed by atoms with Crippen LogP contribution in [-0.4, -0.2) is 47.9 Å². The number of hydrogen-bond acceptors (Lipinski definition) is 2. The molecule has 0 N–H and O–H groups in total. The van der Waals surface area contributed by atoms with E-state index >= 15 is 0 Å². The first-order valence-electron chi connectivity index (χ1n) is 8.84. The predicted molar refractivity (Wildman–Crippen MR) is 87.9 cm³/mol. The van der Waals surface area contributed by atoms with Gasteiger partial charge in [-0.25, -0.2) is 0 Å². The van der Waals surface area contributed by atoms with Crippen LogP contribution >= 0.6 is 0 Å². The quantitative estimate of drug-likeness (QED) is 0.838. The van der Waals surface area contributed by atoms with Crippen molar-refractivity contribution in [1.82, 2.24) is 9.80 Å². The van der Waals surface area contributed by atoms with Gasteiger partial charge in [0, 0.05) is 18.6 Å². The molecule has 2 fully saturated rings. The smallest absolute Gasteiger partial charge is 0.230 e. The normalized spacial score (nSPS) is 31.7. The van der Waals surface area contributed by atoms with E-state index in [1.54, 1.807) is 0 Å². The largest absolute Gasteiger partial charge is 0.338 e. The first-order valence-corrected chi connectivity index (χ1v) is 8.84. The van der Waals surface area contributed by atoms with Crippen LogP contribution in [0.2, 0.25) is 0 Å². The standard InChI is InChI=1S/C19H26N2O/c1-20-12-4-8-17(20)18-9-5-13-21(18)19(22)16-11-10-14-6-2-3-7-15(14)16/h2-3,6-7,16-18H,4-5,8-13H2,1H3/t16-,17+,18+/m0/s1. The maximum Gasteiger partial charge on any atom is 0.230 e. The highest BCUT2D eigenvalue weighted by Crippen LogP contribution is 2.37. The number of carbonyl (C=O) groups excluding carboxylic acids is 1. The Morgan fingerprint density at radius 3 is 2.64 bits per heavy atom. The van der Waals surface area contributed by atoms with Gasteiger partial charge in [-0.3, -0.25) is 4.79 Å². The van der Waals surface area contributed by atoms with Crippen LogP contribution in [0.15, 0.2) is 24.3 Å². The van der Waals surface area contributed by atoms with Crippen molar-refractivity contribution in [2.45, 2.75) is 56.5 Å². The molecule has 4 rings (SSSR count). The topological polar surface area (TPSA) is 23.6 Å². The lowest BCUT2D eigenvalue weighted by atomic mass is 9.97. The molecule has 0 unspecified atom stereocenters. The average Bonchev–Trinajstić information content (AvgIpc) is 3.24. The summed E-state index contributed by atoms with van der Waals surface area (Å²) >= 11 is 0. The summed E-state index contributed by atoms with van der Waals surface area (Å²) in [6.45, 7) is 2.15. The van der Waals surface area contributed by atoms with Gasteiger partial charge in [0.2, 0.25) is 5.91 Å². The average molecular weight is 298 g/mol. The van der Waals surface area contributed by atoms with Gasteiger partial charge in [0.15, 0.2) is 0 Å². The van der Waals surface area contributed by atoms with E-state index in [9.17, 15) is 4.79 Å². The Hall–Kier alpha value is -1.35. The zero-order valence-corrected chi connectivity index (χ0v) is 13.5. The number of likely N-dealkylation sites (tertiary alicyclic amines) is 2. The highest BCUT2D eigenvalue weighted by Gasteiger charge is 2.41. The number of nitrogens with zero attached hydrogens (tertiary/aromatic N) is 2. The Labute approximate surface area is 133 Å². The Bertz CT molecular complexity index is 570. The minimum atomic E-state index is 0.114. The van der Waals surface area contributed by atoms with Crippen molar-refractivity contribution in [2.24, 2.45) is 0 Å². The van der Waals surface area contributed by atoms with E-state index in [4.69, 9.17) is 0 Å². The second kappa shape index (κ2) is 5.69. The van der Waals surface area contributed by atoms with Gasteiger partial charge in [0.05, 0.1) is 5.92 Å². The van der Waals surface area contributed by atoms with E-state index in [0.29, 0.717) is 18.0 Å². The van der Waals surface area contributed by atoms with E-state index in [1.807, 2.05) is 0 Å². The van der Waals surface area contributed by atoms with E-state index in [1.165, 1.54) is 43.4 Å². The Morgan fingerprint density at radius 2 is 1.82 bits per heavy atom. The summed E-state index contributed by atoms with van der Waals surface area (Å²) in [5, 5.41) is 0. The molecule has 2 heterocycles. The molecule has 3 nitrogen and oxygen atoms in total. The molecule has 1 aromatic rings. The van der Waals surface area contributed by atoms with Gasteiger partial charge in [-0.15, -0.1) is 0 Å². The number of likely N-dealkylation sites (N-methyl/N-ethyl adjacent to an activating group) is 1. The fourth-order valence-corrected chi connectivity index (χ4v) is 4.90. The summed E-state index contributed by atoms with van der Waals surface area (Å²) in [5.74, 6) is 0.510. The molecule has 3 heteroatoms. The van der Waals surface area contributed by atoms with Crippen LogP contribution in [0.4, 0.5) is 0 Å². The van der Waals surface area contributed by atoms with Gasteiger partial charge >= 0.3 is 0 Å². The third kappa shape index (κ3) is 2.26. The van der Waals surface area contributed by atoms with Crippen LogP contribution in [0.1, 0.15) is 49.1 Å². The Morgan fingerprint density at radius 1 is 1.05 bits per heavy atom. The van der Waals surface area contributed by atoms with E-state index < -0.39 is 0 Å². The Balaban J connectivity index is 1.55. The number of hydrogen-bond donors (Lipinski definition) is 0. The minimum absolute atomic E-state index is 0.114. The summed E-state index contributed by atoms with van der Waals surface area (Å²) in [7, 11) is 2.23. The summed E-state index contributed by atoms with van der Waals surface area (Å²) in [6, 6.07) is 9.57. The number of benzene rings is 1. The molecule has 0 spiro atoms. The lowest BCUT2D eigenvalue weighted by molar-refractivity contribution is -0.134. The van der Waals surface area contributed by atoms with Crippen LogP contribution < -0.4 is 0 Å². The number of amides is 1. The van der Waals surface area contributed by atoms with Gasteiger partial charge in [0.25, 0.3) is 0 Å². The van der Waals surface area contributed by atoms with Crippen LogP contribution in [0.3, 0.4) is 0 Å². The zero-order chi connectivity index (χ0) is 15.1. The van der Waals surface area contributed by atoms with Gasteiger partial charge in [-0.2, -0.15) is 0 Å². The third-order valence-corrected chi connectivity index (χ3v) is 6.03. The predicted octanol–water partition coefficient (Wildman–Crippen LogP) is 2.80. The van der Waals surface area contributed by atoms with E-state index in [-0.39, 0.29) is 5.92 Å². The molecular formula is C19H26N2O. The van der Waals surface area contributed by atoms with Crippen molar-refractivity contribution in [3.63, 3.8) is 0 Å². The summed E-state index contributed by atoms with van der Waals surface area (Å²) in [4.78, 5) is 17.9. The fourth-order valence-electron chi connectivity index (χ4n) is 4.90. The fraction of sp³-hybridized carbons (Fsp3) is 0.632. The second-order valence-electron chi connectivity index (χ2n) is 7.22. The molecule has 2 saturated heterocycles. The summed E-state index contributed by atoms with van der Waals surface area (Å²) in [6.07, 6.45) is 6.97. The number of carbonyl (C=O) groups is 1. The SMILES string of the molecule is CN1CCC[C@@H]1[C@H]1CCCN1C(=O)[C@H]1CCc2ccccc21. The molecule has 22 heavy (non-hydrogen) atoms. The molecule has 1 amide bonds. The third-order valence-electron chi connectivity index (χ3n) is 6.03. The van der Waals surface area contributed by atoms with Gasteiger partial charge in [-0.05, 0) is 63.2 Å². The van der Waals surface area contributed by atoms with Crippen molar-refractivity contribution in [3.05, 3.63) is 35.4 Å². The van der Waals surface area contributed by atoms with Crippen molar-refractivity contribution in [1.29, 1.82) is 0 Å².